The van der Waals surface area contributed by atoms with E-state index in [9.17, 15) is 4.39 Å². The molecule has 0 unspecified atom stereocenters. The monoisotopic (exact) mass is 276 g/mol. The summed E-state index contributed by atoms with van der Waals surface area (Å²) in [4.78, 5) is 0. The van der Waals surface area contributed by atoms with Crippen LogP contribution in [0.25, 0.3) is 0 Å². The Bertz CT molecular complexity index is 558. The summed E-state index contributed by atoms with van der Waals surface area (Å²) in [5.74, 6) is 0.0535. The first-order chi connectivity index (χ1) is 9.58. The van der Waals surface area contributed by atoms with Crippen molar-refractivity contribution >= 4 is 0 Å². The van der Waals surface area contributed by atoms with E-state index in [1.54, 1.807) is 12.1 Å². The second-order valence-corrected chi connectivity index (χ2v) is 5.15. The molecule has 0 amide bonds. The number of nitrogens with one attached hydrogen (secondary N) is 1. The van der Waals surface area contributed by atoms with Gasteiger partial charge < -0.3 is 4.74 Å². The van der Waals surface area contributed by atoms with Gasteiger partial charge in [0.1, 0.15) is 0 Å². The molecule has 20 heavy (non-hydrogen) atoms. The van der Waals surface area contributed by atoms with Crippen LogP contribution in [0.1, 0.15) is 35.4 Å². The van der Waals surface area contributed by atoms with Gasteiger partial charge in [0.25, 0.3) is 0 Å². The predicted octanol–water partition coefficient (Wildman–Crippen LogP) is 3.88. The lowest BCUT2D eigenvalue weighted by Gasteiger charge is -2.08. The zero-order valence-electron chi connectivity index (χ0n) is 12.3. The lowest BCUT2D eigenvalue weighted by atomic mass is 10.1. The van der Waals surface area contributed by atoms with Gasteiger partial charge in [0.05, 0.1) is 12.3 Å². The van der Waals surface area contributed by atoms with E-state index in [-0.39, 0.29) is 5.82 Å². The van der Waals surface area contributed by atoms with Crippen molar-refractivity contribution in [2.45, 2.75) is 40.0 Å². The molecule has 2 rings (SSSR count). The highest BCUT2D eigenvalue weighted by Crippen LogP contribution is 2.19. The molecule has 1 heterocycles. The lowest BCUT2D eigenvalue weighted by Crippen LogP contribution is -2.01. The van der Waals surface area contributed by atoms with Crippen LogP contribution < -0.4 is 4.74 Å². The highest BCUT2D eigenvalue weighted by molar-refractivity contribution is 5.29. The summed E-state index contributed by atoms with van der Waals surface area (Å²) in [7, 11) is 0. The molecule has 0 aliphatic rings. The van der Waals surface area contributed by atoms with Gasteiger partial charge in [-0.15, -0.1) is 0 Å². The summed E-state index contributed by atoms with van der Waals surface area (Å²) >= 11 is 0. The number of ether oxygens (including phenoxy) is 1. The molecule has 0 radical (unpaired) electrons. The number of benzene rings is 1. The average molecular weight is 276 g/mol. The molecule has 3 nitrogen and oxygen atoms in total. The van der Waals surface area contributed by atoms with Gasteiger partial charge in [-0.05, 0) is 63.3 Å². The van der Waals surface area contributed by atoms with Gasteiger partial charge in [-0.25, -0.2) is 4.39 Å². The number of aromatic nitrogens is 2. The molecule has 2 aromatic rings. The number of nitrogens with zero attached hydrogens (tertiary/aromatic N) is 1. The summed E-state index contributed by atoms with van der Waals surface area (Å²) in [6.45, 7) is 6.51. The highest BCUT2D eigenvalue weighted by Gasteiger charge is 2.06. The minimum Gasteiger partial charge on any atom is -0.491 e. The number of aromatic amines is 1. The summed E-state index contributed by atoms with van der Waals surface area (Å²) in [5, 5.41) is 7.16. The van der Waals surface area contributed by atoms with Crippen molar-refractivity contribution in [2.75, 3.05) is 6.61 Å². The first-order valence-electron chi connectivity index (χ1n) is 6.97. The quantitative estimate of drug-likeness (QED) is 0.813. The van der Waals surface area contributed by atoms with Gasteiger partial charge in [-0.1, -0.05) is 6.07 Å². The van der Waals surface area contributed by atoms with Crippen molar-refractivity contribution in [3.8, 4) is 5.75 Å². The molecule has 1 N–H and O–H groups in total. The van der Waals surface area contributed by atoms with Gasteiger partial charge in [-0.3, -0.25) is 5.10 Å². The van der Waals surface area contributed by atoms with E-state index >= 15 is 0 Å². The molecule has 0 aliphatic carbocycles. The number of rotatable bonds is 6. The molecule has 0 bridgehead atoms. The minimum atomic E-state index is -0.294. The molecular formula is C16H21FN2O. The van der Waals surface area contributed by atoms with Crippen LogP contribution >= 0.6 is 0 Å². The van der Waals surface area contributed by atoms with Crippen LogP contribution in [-0.4, -0.2) is 16.8 Å². The Morgan fingerprint density at radius 1 is 1.20 bits per heavy atom. The molecule has 1 aromatic heterocycles. The maximum atomic E-state index is 13.5. The largest absolute Gasteiger partial charge is 0.491 e. The zero-order chi connectivity index (χ0) is 14.5. The van der Waals surface area contributed by atoms with Crippen molar-refractivity contribution in [1.82, 2.24) is 10.2 Å². The maximum absolute atomic E-state index is 13.5. The van der Waals surface area contributed by atoms with Gasteiger partial charge in [-0.2, -0.15) is 5.10 Å². The highest BCUT2D eigenvalue weighted by atomic mass is 19.1. The Morgan fingerprint density at radius 2 is 2.00 bits per heavy atom. The van der Waals surface area contributed by atoms with E-state index in [0.717, 1.165) is 36.2 Å². The maximum Gasteiger partial charge on any atom is 0.165 e. The lowest BCUT2D eigenvalue weighted by molar-refractivity contribution is 0.292. The van der Waals surface area contributed by atoms with Crippen LogP contribution in [0, 0.1) is 26.6 Å². The Hall–Kier alpha value is -1.84. The van der Waals surface area contributed by atoms with Crippen molar-refractivity contribution in [2.24, 2.45) is 0 Å². The van der Waals surface area contributed by atoms with Crippen LogP contribution in [0.15, 0.2) is 18.2 Å². The van der Waals surface area contributed by atoms with Crippen LogP contribution in [-0.2, 0) is 6.42 Å². The fourth-order valence-electron chi connectivity index (χ4n) is 2.25. The van der Waals surface area contributed by atoms with Crippen molar-refractivity contribution < 1.29 is 9.13 Å². The molecule has 0 saturated carbocycles. The Balaban J connectivity index is 1.76. The molecular weight excluding hydrogens is 255 g/mol. The van der Waals surface area contributed by atoms with E-state index in [1.165, 1.54) is 11.6 Å². The van der Waals surface area contributed by atoms with Crippen LogP contribution in [0.3, 0.4) is 0 Å². The SMILES string of the molecule is Cc1ccc(F)c(OCCCCc2c(C)n[nH]c2C)c1. The number of aryl methyl sites for hydroxylation is 3. The third kappa shape index (κ3) is 3.59. The van der Waals surface area contributed by atoms with E-state index < -0.39 is 0 Å². The van der Waals surface area contributed by atoms with Gasteiger partial charge >= 0.3 is 0 Å². The first-order valence-corrected chi connectivity index (χ1v) is 6.97. The second kappa shape index (κ2) is 6.55. The number of H-pyrrole nitrogens is 1. The molecule has 0 spiro atoms. The van der Waals surface area contributed by atoms with E-state index in [4.69, 9.17) is 4.74 Å². The fraction of sp³-hybridized carbons (Fsp3) is 0.438. The molecule has 108 valence electrons. The fourth-order valence-corrected chi connectivity index (χ4v) is 2.25. The average Bonchev–Trinajstić information content (AvgIpc) is 2.73. The Morgan fingerprint density at radius 3 is 2.70 bits per heavy atom. The molecule has 0 fully saturated rings. The zero-order valence-corrected chi connectivity index (χ0v) is 12.3. The minimum absolute atomic E-state index is 0.294. The number of halogens is 1. The molecule has 4 heteroatoms. The van der Waals surface area contributed by atoms with Gasteiger partial charge in [0.15, 0.2) is 11.6 Å². The number of hydrogen-bond donors (Lipinski definition) is 1. The van der Waals surface area contributed by atoms with E-state index in [2.05, 4.69) is 10.2 Å². The molecule has 0 aliphatic heterocycles. The topological polar surface area (TPSA) is 37.9 Å². The predicted molar refractivity (Wildman–Crippen MR) is 77.6 cm³/mol. The third-order valence-electron chi connectivity index (χ3n) is 3.45. The van der Waals surface area contributed by atoms with E-state index in [1.807, 2.05) is 20.8 Å². The normalized spacial score (nSPS) is 10.8. The molecule has 0 saturated heterocycles. The standard InChI is InChI=1S/C16H21FN2O/c1-11-7-8-15(17)16(10-11)20-9-5-4-6-14-12(2)18-19-13(14)3/h7-8,10H,4-6,9H2,1-3H3,(H,18,19). The van der Waals surface area contributed by atoms with Crippen LogP contribution in [0.2, 0.25) is 0 Å². The van der Waals surface area contributed by atoms with Crippen LogP contribution in [0.5, 0.6) is 5.75 Å². The number of hydrogen-bond acceptors (Lipinski definition) is 2. The summed E-state index contributed by atoms with van der Waals surface area (Å²) in [6.07, 6.45) is 2.89. The summed E-state index contributed by atoms with van der Waals surface area (Å²) in [6, 6.07) is 4.93. The number of unbranched alkanes of at least 4 members (excludes halogenated alkanes) is 1. The summed E-state index contributed by atoms with van der Waals surface area (Å²) in [5.41, 5.74) is 4.49. The van der Waals surface area contributed by atoms with Gasteiger partial charge in [0, 0.05) is 5.69 Å². The van der Waals surface area contributed by atoms with Crippen molar-refractivity contribution in [3.63, 3.8) is 0 Å². The molecule has 0 atom stereocenters. The Labute approximate surface area is 119 Å². The van der Waals surface area contributed by atoms with Gasteiger partial charge in [0.2, 0.25) is 0 Å². The second-order valence-electron chi connectivity index (χ2n) is 5.15. The van der Waals surface area contributed by atoms with Crippen molar-refractivity contribution in [1.29, 1.82) is 0 Å². The molecule has 1 aromatic carbocycles. The first kappa shape index (κ1) is 14.6. The third-order valence-corrected chi connectivity index (χ3v) is 3.45. The summed E-state index contributed by atoms with van der Waals surface area (Å²) < 4.78 is 19.0. The van der Waals surface area contributed by atoms with Crippen LogP contribution in [0.4, 0.5) is 4.39 Å². The van der Waals surface area contributed by atoms with Crippen molar-refractivity contribution in [3.05, 3.63) is 46.5 Å². The Kier molecular flexibility index (Phi) is 4.77. The smallest absolute Gasteiger partial charge is 0.165 e. The van der Waals surface area contributed by atoms with E-state index in [0.29, 0.717) is 12.4 Å².